The first-order valence-corrected chi connectivity index (χ1v) is 4.45. The number of carbonyl (C=O) groups is 2. The molecule has 4 nitrogen and oxygen atoms in total. The van der Waals surface area contributed by atoms with E-state index in [9.17, 15) is 9.59 Å². The van der Waals surface area contributed by atoms with Crippen LogP contribution in [-0.4, -0.2) is 24.4 Å². The van der Waals surface area contributed by atoms with Gasteiger partial charge in [-0.15, -0.1) is 0 Å². The van der Waals surface area contributed by atoms with Gasteiger partial charge in [0.25, 0.3) is 0 Å². The number of amides is 2. The van der Waals surface area contributed by atoms with Crippen molar-refractivity contribution < 1.29 is 9.59 Å². The van der Waals surface area contributed by atoms with Crippen molar-refractivity contribution in [3.05, 3.63) is 0 Å². The number of carbonyl (C=O) groups excluding carboxylic acids is 2. The van der Waals surface area contributed by atoms with Crippen LogP contribution >= 0.6 is 0 Å². The average Bonchev–Trinajstić information content (AvgIpc) is 1.94. The Morgan fingerprint density at radius 2 is 2.00 bits per heavy atom. The zero-order chi connectivity index (χ0) is 10.1. The largest absolute Gasteiger partial charge is 0.345 e. The molecule has 13 heavy (non-hydrogen) atoms. The number of rotatable bonds is 1. The summed E-state index contributed by atoms with van der Waals surface area (Å²) < 4.78 is 0. The Balaban J connectivity index is 2.57. The molecule has 4 heteroatoms. The van der Waals surface area contributed by atoms with Crippen LogP contribution in [0.15, 0.2) is 0 Å². The number of hydrogen-bond acceptors (Lipinski definition) is 2. The van der Waals surface area contributed by atoms with E-state index in [1.165, 1.54) is 0 Å². The minimum absolute atomic E-state index is 0.0482. The smallest absolute Gasteiger partial charge is 0.243 e. The van der Waals surface area contributed by atoms with E-state index < -0.39 is 0 Å². The minimum Gasteiger partial charge on any atom is -0.345 e. The molecule has 0 aliphatic carbocycles. The van der Waals surface area contributed by atoms with Crippen molar-refractivity contribution in [1.29, 1.82) is 0 Å². The van der Waals surface area contributed by atoms with Crippen LogP contribution in [0, 0.1) is 5.41 Å². The molecule has 0 saturated carbocycles. The normalized spacial score (nSPS) is 23.8. The third-order valence-corrected chi connectivity index (χ3v) is 1.89. The molecule has 1 atom stereocenters. The third-order valence-electron chi connectivity index (χ3n) is 1.89. The molecule has 0 aromatic heterocycles. The van der Waals surface area contributed by atoms with Gasteiger partial charge in [0.05, 0.1) is 6.54 Å². The molecule has 0 aromatic rings. The van der Waals surface area contributed by atoms with Gasteiger partial charge in [0.15, 0.2) is 0 Å². The van der Waals surface area contributed by atoms with Gasteiger partial charge in [-0.1, -0.05) is 20.8 Å². The Morgan fingerprint density at radius 3 is 2.54 bits per heavy atom. The summed E-state index contributed by atoms with van der Waals surface area (Å²) in [6.45, 7) is 6.24. The van der Waals surface area contributed by atoms with Gasteiger partial charge >= 0.3 is 0 Å². The fourth-order valence-electron chi connectivity index (χ4n) is 1.36. The number of hydrogen-bond donors (Lipinski definition) is 2. The molecule has 1 saturated heterocycles. The lowest BCUT2D eigenvalue weighted by Crippen LogP contribution is -2.57. The monoisotopic (exact) mass is 184 g/mol. The maximum absolute atomic E-state index is 11.3. The van der Waals surface area contributed by atoms with Crippen LogP contribution < -0.4 is 10.6 Å². The summed E-state index contributed by atoms with van der Waals surface area (Å²) in [5, 5.41) is 5.23. The quantitative estimate of drug-likeness (QED) is 0.604. The van der Waals surface area contributed by atoms with Crippen molar-refractivity contribution in [2.45, 2.75) is 33.2 Å². The predicted molar refractivity (Wildman–Crippen MR) is 49.0 cm³/mol. The van der Waals surface area contributed by atoms with E-state index >= 15 is 0 Å². The van der Waals surface area contributed by atoms with Gasteiger partial charge < -0.3 is 10.6 Å². The molecule has 74 valence electrons. The summed E-state index contributed by atoms with van der Waals surface area (Å²) in [7, 11) is 0. The molecule has 0 aromatic carbocycles. The van der Waals surface area contributed by atoms with E-state index in [-0.39, 0.29) is 29.8 Å². The number of nitrogens with one attached hydrogen (secondary N) is 2. The molecule has 1 fully saturated rings. The highest BCUT2D eigenvalue weighted by molar-refractivity contribution is 5.94. The summed E-state index contributed by atoms with van der Waals surface area (Å²) >= 11 is 0. The maximum atomic E-state index is 11.3. The molecule has 1 rings (SSSR count). The van der Waals surface area contributed by atoms with Crippen LogP contribution in [0.5, 0.6) is 0 Å². The molecule has 0 radical (unpaired) electrons. The van der Waals surface area contributed by atoms with Gasteiger partial charge in [0.2, 0.25) is 11.8 Å². The van der Waals surface area contributed by atoms with E-state index in [1.54, 1.807) is 0 Å². The van der Waals surface area contributed by atoms with Crippen LogP contribution in [0.3, 0.4) is 0 Å². The van der Waals surface area contributed by atoms with Crippen LogP contribution in [0.2, 0.25) is 0 Å². The van der Waals surface area contributed by atoms with Gasteiger partial charge in [-0.25, -0.2) is 0 Å². The Labute approximate surface area is 78.1 Å². The summed E-state index contributed by atoms with van der Waals surface area (Å²) in [4.78, 5) is 22.3. The molecule has 1 unspecified atom stereocenters. The first-order chi connectivity index (χ1) is 5.88. The topological polar surface area (TPSA) is 58.2 Å². The zero-order valence-corrected chi connectivity index (χ0v) is 8.31. The maximum Gasteiger partial charge on any atom is 0.243 e. The fraction of sp³-hybridized carbons (Fsp3) is 0.778. The molecule has 1 heterocycles. The Kier molecular flexibility index (Phi) is 2.59. The van der Waals surface area contributed by atoms with Crippen LogP contribution in [0.25, 0.3) is 0 Å². The molecule has 0 bridgehead atoms. The van der Waals surface area contributed by atoms with Crippen LogP contribution in [0.4, 0.5) is 0 Å². The van der Waals surface area contributed by atoms with Gasteiger partial charge in [-0.2, -0.15) is 0 Å². The first kappa shape index (κ1) is 10.0. The lowest BCUT2D eigenvalue weighted by Gasteiger charge is -2.28. The summed E-state index contributed by atoms with van der Waals surface area (Å²) in [6, 6.07) is -0.360. The molecular formula is C9H16N2O2. The van der Waals surface area contributed by atoms with E-state index in [4.69, 9.17) is 0 Å². The van der Waals surface area contributed by atoms with Gasteiger partial charge in [-0.05, 0) is 11.8 Å². The average molecular weight is 184 g/mol. The van der Waals surface area contributed by atoms with Crippen LogP contribution in [0.1, 0.15) is 27.2 Å². The summed E-state index contributed by atoms with van der Waals surface area (Å²) in [5.74, 6) is -0.177. The van der Waals surface area contributed by atoms with Crippen molar-refractivity contribution in [1.82, 2.24) is 10.6 Å². The van der Waals surface area contributed by atoms with E-state index in [0.29, 0.717) is 6.42 Å². The van der Waals surface area contributed by atoms with Crippen molar-refractivity contribution in [2.75, 3.05) is 6.54 Å². The predicted octanol–water partition coefficient (Wildman–Crippen LogP) is 0.0372. The highest BCUT2D eigenvalue weighted by Crippen LogP contribution is 2.21. The third kappa shape index (κ3) is 3.05. The second kappa shape index (κ2) is 3.36. The van der Waals surface area contributed by atoms with E-state index in [2.05, 4.69) is 10.6 Å². The first-order valence-electron chi connectivity index (χ1n) is 4.45. The Hall–Kier alpha value is -1.06. The zero-order valence-electron chi connectivity index (χ0n) is 8.31. The summed E-state index contributed by atoms with van der Waals surface area (Å²) in [5.41, 5.74) is 0.0482. The van der Waals surface area contributed by atoms with Crippen molar-refractivity contribution >= 4 is 11.8 Å². The second-order valence-corrected chi connectivity index (χ2v) is 4.60. The molecule has 1 aliphatic heterocycles. The van der Waals surface area contributed by atoms with Gasteiger partial charge in [-0.3, -0.25) is 9.59 Å². The Bertz CT molecular complexity index is 230. The van der Waals surface area contributed by atoms with Crippen molar-refractivity contribution in [3.8, 4) is 0 Å². The molecule has 0 spiro atoms. The minimum atomic E-state index is -0.360. The SMILES string of the molecule is CC(C)(C)CC1NC(=O)CNC1=O. The molecular weight excluding hydrogens is 168 g/mol. The second-order valence-electron chi connectivity index (χ2n) is 4.60. The van der Waals surface area contributed by atoms with Gasteiger partial charge in [0, 0.05) is 0 Å². The van der Waals surface area contributed by atoms with Crippen molar-refractivity contribution in [3.63, 3.8) is 0 Å². The van der Waals surface area contributed by atoms with E-state index in [1.807, 2.05) is 20.8 Å². The fourth-order valence-corrected chi connectivity index (χ4v) is 1.36. The van der Waals surface area contributed by atoms with Crippen molar-refractivity contribution in [2.24, 2.45) is 5.41 Å². The highest BCUT2D eigenvalue weighted by atomic mass is 16.2. The van der Waals surface area contributed by atoms with E-state index in [0.717, 1.165) is 0 Å². The summed E-state index contributed by atoms with van der Waals surface area (Å²) in [6.07, 6.45) is 0.671. The number of piperazine rings is 1. The molecule has 2 N–H and O–H groups in total. The van der Waals surface area contributed by atoms with Crippen LogP contribution in [-0.2, 0) is 9.59 Å². The molecule has 1 aliphatic rings. The standard InChI is InChI=1S/C9H16N2O2/c1-9(2,3)4-6-8(13)10-5-7(12)11-6/h6H,4-5H2,1-3H3,(H,10,13)(H,11,12). The Morgan fingerprint density at radius 1 is 1.38 bits per heavy atom. The highest BCUT2D eigenvalue weighted by Gasteiger charge is 2.29. The lowest BCUT2D eigenvalue weighted by molar-refractivity contribution is -0.134. The molecule has 2 amide bonds. The van der Waals surface area contributed by atoms with Gasteiger partial charge in [0.1, 0.15) is 6.04 Å². The lowest BCUT2D eigenvalue weighted by atomic mass is 9.87.